The molecule has 10 heteroatoms. The van der Waals surface area contributed by atoms with Gasteiger partial charge in [-0.2, -0.15) is 7.82 Å². The minimum absolute atomic E-state index is 0. The maximum absolute atomic E-state index is 8.55. The van der Waals surface area contributed by atoms with Gasteiger partial charge in [0.2, 0.25) is 0 Å². The van der Waals surface area contributed by atoms with Crippen LogP contribution in [0.25, 0.3) is 0 Å². The normalized spacial score (nSPS) is 5.90. The van der Waals surface area contributed by atoms with E-state index >= 15 is 0 Å². The molecular formula is H6FeMnO7P-. The SMILES string of the molecule is O.O.O.O=P([O-])([O-])[O-].[Fe].[Mn+2]. The summed E-state index contributed by atoms with van der Waals surface area (Å²) in [5.74, 6) is 0. The molecule has 0 aromatic carbocycles. The first kappa shape index (κ1) is 43.9. The Kier molecular flexibility index (Phi) is 72.6. The van der Waals surface area contributed by atoms with Gasteiger partial charge in [-0.15, -0.1) is 0 Å². The summed E-state index contributed by atoms with van der Waals surface area (Å²) in [6, 6.07) is 0. The first-order valence-corrected chi connectivity index (χ1v) is 2.19. The van der Waals surface area contributed by atoms with Crippen LogP contribution in [0.2, 0.25) is 0 Å². The van der Waals surface area contributed by atoms with Crippen molar-refractivity contribution in [3.05, 3.63) is 0 Å². The van der Waals surface area contributed by atoms with Crippen LogP contribution in [-0.4, -0.2) is 16.4 Å². The number of hydrogen-bond donors (Lipinski definition) is 0. The van der Waals surface area contributed by atoms with E-state index in [9.17, 15) is 0 Å². The van der Waals surface area contributed by atoms with Crippen LogP contribution in [0.5, 0.6) is 0 Å². The van der Waals surface area contributed by atoms with Crippen LogP contribution >= 0.6 is 7.82 Å². The molecule has 7 nitrogen and oxygen atoms in total. The van der Waals surface area contributed by atoms with Crippen molar-refractivity contribution in [1.82, 2.24) is 0 Å². The first-order chi connectivity index (χ1) is 2.00. The zero-order chi connectivity index (χ0) is 4.50. The smallest absolute Gasteiger partial charge is 0.822 e. The number of rotatable bonds is 0. The van der Waals surface area contributed by atoms with Gasteiger partial charge in [-0.1, -0.05) is 0 Å². The summed E-state index contributed by atoms with van der Waals surface area (Å²) >= 11 is 0. The molecule has 0 rings (SSSR count). The molecule has 0 aliphatic carbocycles. The van der Waals surface area contributed by atoms with Gasteiger partial charge >= 0.3 is 17.1 Å². The Morgan fingerprint density at radius 3 is 0.900 bits per heavy atom. The van der Waals surface area contributed by atoms with Gasteiger partial charge in [0.15, 0.2) is 0 Å². The third kappa shape index (κ3) is 550. The van der Waals surface area contributed by atoms with Crippen LogP contribution in [0.15, 0.2) is 0 Å². The van der Waals surface area contributed by atoms with E-state index in [1.165, 1.54) is 0 Å². The van der Waals surface area contributed by atoms with E-state index in [1.54, 1.807) is 0 Å². The van der Waals surface area contributed by atoms with Crippen molar-refractivity contribution in [2.75, 3.05) is 0 Å². The third-order valence-electron chi connectivity index (χ3n) is 0. The van der Waals surface area contributed by atoms with Crippen LogP contribution in [0.3, 0.4) is 0 Å². The van der Waals surface area contributed by atoms with Crippen molar-refractivity contribution < 1.29 is 69.8 Å². The summed E-state index contributed by atoms with van der Waals surface area (Å²) < 4.78 is 8.55. The van der Waals surface area contributed by atoms with Gasteiger partial charge in [-0.25, -0.2) is 0 Å². The maximum atomic E-state index is 8.55. The molecule has 0 spiro atoms. The van der Waals surface area contributed by atoms with Gasteiger partial charge in [0.05, 0.1) is 0 Å². The molecule has 6 N–H and O–H groups in total. The van der Waals surface area contributed by atoms with Crippen molar-refractivity contribution in [2.45, 2.75) is 0 Å². The van der Waals surface area contributed by atoms with Crippen molar-refractivity contribution >= 4 is 7.82 Å². The number of hydrogen-bond acceptors (Lipinski definition) is 4. The van der Waals surface area contributed by atoms with Gasteiger partial charge in [-0.3, -0.25) is 0 Å². The van der Waals surface area contributed by atoms with Crippen molar-refractivity contribution in [3.63, 3.8) is 0 Å². The standard InChI is InChI=1S/Fe.Mn.H3O4P.3H2O/c;;1-5(2,3)4;;;/h;;(H3,1,2,3,4);3*1H2/q;+2;;;;/p-3. The van der Waals surface area contributed by atoms with Crippen LogP contribution in [0, 0.1) is 0 Å². The zero-order valence-electron chi connectivity index (χ0n) is 4.31. The molecule has 0 fully saturated rings. The van der Waals surface area contributed by atoms with Crippen molar-refractivity contribution in [3.8, 4) is 0 Å². The molecule has 69 valence electrons. The van der Waals surface area contributed by atoms with Crippen molar-refractivity contribution in [1.29, 1.82) is 0 Å². The summed E-state index contributed by atoms with van der Waals surface area (Å²) in [5, 5.41) is 0. The van der Waals surface area contributed by atoms with Crippen LogP contribution in [0.4, 0.5) is 0 Å². The molecule has 0 aliphatic rings. The van der Waals surface area contributed by atoms with E-state index in [0.717, 1.165) is 0 Å². The second kappa shape index (κ2) is 16.5. The van der Waals surface area contributed by atoms with Crippen LogP contribution < -0.4 is 14.7 Å². The van der Waals surface area contributed by atoms with Gasteiger partial charge < -0.3 is 35.7 Å². The predicted molar refractivity (Wildman–Crippen MR) is 18.4 cm³/mol. The average molecular weight is 260 g/mol. The summed E-state index contributed by atoms with van der Waals surface area (Å²) in [4.78, 5) is 25.6. The number of phosphoric acid groups is 1. The monoisotopic (exact) mass is 260 g/mol. The summed E-state index contributed by atoms with van der Waals surface area (Å²) in [7, 11) is -5.39. The van der Waals surface area contributed by atoms with Gasteiger partial charge in [0, 0.05) is 17.1 Å². The Balaban J connectivity index is -0.00000000800. The topological polar surface area (TPSA) is 181 Å². The van der Waals surface area contributed by atoms with E-state index in [0.29, 0.717) is 0 Å². The molecule has 0 aromatic heterocycles. The Labute approximate surface area is 77.9 Å². The van der Waals surface area contributed by atoms with Crippen LogP contribution in [-0.2, 0) is 38.7 Å². The first-order valence-electron chi connectivity index (χ1n) is 0.730. The Hall–Kier alpha value is 1.03. The molecule has 0 aromatic rings. The van der Waals surface area contributed by atoms with E-state index in [4.69, 9.17) is 19.2 Å². The fourth-order valence-electron chi connectivity index (χ4n) is 0. The average Bonchev–Trinajstić information content (AvgIpc) is 0.722. The van der Waals surface area contributed by atoms with Gasteiger partial charge in [0.25, 0.3) is 0 Å². The molecule has 0 aliphatic heterocycles. The molecule has 0 saturated carbocycles. The zero-order valence-corrected chi connectivity index (χ0v) is 7.49. The summed E-state index contributed by atoms with van der Waals surface area (Å²) in [6.45, 7) is 0. The Bertz CT molecular complexity index is 59.7. The van der Waals surface area contributed by atoms with E-state index in [1.807, 2.05) is 0 Å². The van der Waals surface area contributed by atoms with Gasteiger partial charge in [-0.05, 0) is 0 Å². The molecule has 0 atom stereocenters. The third-order valence-corrected chi connectivity index (χ3v) is 0. The summed E-state index contributed by atoms with van der Waals surface area (Å²) in [5.41, 5.74) is 0. The molecule has 0 saturated heterocycles. The largest absolute Gasteiger partial charge is 2.00 e. The maximum Gasteiger partial charge on any atom is 2.00 e. The van der Waals surface area contributed by atoms with E-state index < -0.39 is 7.82 Å². The summed E-state index contributed by atoms with van der Waals surface area (Å²) in [6.07, 6.45) is 0. The molecule has 0 heterocycles. The molecule has 1 radical (unpaired) electrons. The van der Waals surface area contributed by atoms with Gasteiger partial charge in [0.1, 0.15) is 0 Å². The minimum atomic E-state index is -5.39. The second-order valence-corrected chi connectivity index (χ2v) is 1.34. The Morgan fingerprint density at radius 1 is 0.900 bits per heavy atom. The van der Waals surface area contributed by atoms with E-state index in [2.05, 4.69) is 0 Å². The Morgan fingerprint density at radius 2 is 0.900 bits per heavy atom. The van der Waals surface area contributed by atoms with Crippen LogP contribution in [0.1, 0.15) is 0 Å². The fourth-order valence-corrected chi connectivity index (χ4v) is 0. The molecule has 0 amide bonds. The molecule has 0 unspecified atom stereocenters. The quantitative estimate of drug-likeness (QED) is 0.311. The second-order valence-electron chi connectivity index (χ2n) is 0.447. The minimum Gasteiger partial charge on any atom is -0.822 e. The van der Waals surface area contributed by atoms with Crippen molar-refractivity contribution in [2.24, 2.45) is 0 Å². The molecule has 0 bridgehead atoms. The molecule has 10 heavy (non-hydrogen) atoms. The van der Waals surface area contributed by atoms with E-state index in [-0.39, 0.29) is 50.6 Å². The molecular weight excluding hydrogens is 254 g/mol. The predicted octanol–water partition coefficient (Wildman–Crippen LogP) is -5.30. The fraction of sp³-hybridized carbons (Fsp3) is 0.